The number of carboxylic acids is 1. The molecule has 210 valence electrons. The summed E-state index contributed by atoms with van der Waals surface area (Å²) in [5.74, 6) is -1.83. The minimum atomic E-state index is -1.20. The van der Waals surface area contributed by atoms with Crippen LogP contribution in [0.2, 0.25) is 5.28 Å². The molecule has 1 aromatic heterocycles. The summed E-state index contributed by atoms with van der Waals surface area (Å²) in [5, 5.41) is 25.3. The molecule has 41 heavy (non-hydrogen) atoms. The molecule has 3 atom stereocenters. The lowest BCUT2D eigenvalue weighted by atomic mass is 10.0. The van der Waals surface area contributed by atoms with Gasteiger partial charge in [0.15, 0.2) is 0 Å². The van der Waals surface area contributed by atoms with Crippen molar-refractivity contribution in [3.05, 3.63) is 86.8 Å². The number of nitro groups is 1. The maximum absolute atomic E-state index is 13.5. The maximum atomic E-state index is 13.5. The summed E-state index contributed by atoms with van der Waals surface area (Å²) >= 11 is 7.44. The number of benzene rings is 2. The van der Waals surface area contributed by atoms with Crippen molar-refractivity contribution in [2.75, 3.05) is 11.1 Å². The largest absolute Gasteiger partial charge is 0.477 e. The van der Waals surface area contributed by atoms with Gasteiger partial charge in [0.2, 0.25) is 17.1 Å². The molecule has 0 aliphatic carbocycles. The normalized spacial score (nSPS) is 18.6. The second-order valence-corrected chi connectivity index (χ2v) is 10.3. The van der Waals surface area contributed by atoms with E-state index in [4.69, 9.17) is 16.3 Å². The first-order valence-electron chi connectivity index (χ1n) is 12.0. The van der Waals surface area contributed by atoms with Crippen molar-refractivity contribution in [1.29, 1.82) is 0 Å². The number of rotatable bonds is 9. The Labute approximate surface area is 240 Å². The number of β-lactam (4-membered cyclic amide) rings is 1. The van der Waals surface area contributed by atoms with E-state index < -0.39 is 40.2 Å². The van der Waals surface area contributed by atoms with E-state index >= 15 is 0 Å². The number of ether oxygens (including phenoxy) is 1. The fourth-order valence-electron chi connectivity index (χ4n) is 4.27. The van der Waals surface area contributed by atoms with Gasteiger partial charge in [-0.25, -0.2) is 4.79 Å². The van der Waals surface area contributed by atoms with Crippen LogP contribution in [-0.4, -0.2) is 64.8 Å². The number of nitrogens with one attached hydrogen (secondary N) is 2. The highest BCUT2D eigenvalue weighted by atomic mass is 35.5. The lowest BCUT2D eigenvalue weighted by molar-refractivity contribution is -0.384. The van der Waals surface area contributed by atoms with Crippen LogP contribution in [0.15, 0.2) is 65.9 Å². The summed E-state index contributed by atoms with van der Waals surface area (Å²) in [6.07, 6.45) is 0. The molecule has 2 amide bonds. The quantitative estimate of drug-likeness (QED) is 0.186. The van der Waals surface area contributed by atoms with Gasteiger partial charge in [-0.3, -0.25) is 24.6 Å². The van der Waals surface area contributed by atoms with E-state index in [0.717, 1.165) is 0 Å². The highest BCUT2D eigenvalue weighted by Crippen LogP contribution is 2.40. The number of aliphatic carboxylic acids is 1. The van der Waals surface area contributed by atoms with Crippen LogP contribution < -0.4 is 15.4 Å². The molecule has 0 radical (unpaired) electrons. The molecule has 1 saturated heterocycles. The third kappa shape index (κ3) is 5.76. The average molecular weight is 598 g/mol. The zero-order valence-electron chi connectivity index (χ0n) is 21.1. The van der Waals surface area contributed by atoms with E-state index in [1.807, 2.05) is 0 Å². The standard InChI is InChI=1S/C25H20ClN7O7S/c1-12-11-41-21-17(20(35)32(21)18(12)22(36)37)27-19(34)16(13-5-3-2-4-6-13)28-24-29-23(26)30-25(31-24)40-15-9-7-14(8-10-15)33(38)39/h2-10,16-17,21H,11H2,1H3,(H,27,34)(H,36,37)(H,28,29,30,31)/t16?,17-,21-/m1/s1. The number of non-ortho nitro benzene ring substituents is 1. The third-order valence-electron chi connectivity index (χ3n) is 6.17. The summed E-state index contributed by atoms with van der Waals surface area (Å²) in [7, 11) is 0. The third-order valence-corrected chi connectivity index (χ3v) is 7.77. The maximum Gasteiger partial charge on any atom is 0.352 e. The van der Waals surface area contributed by atoms with Gasteiger partial charge in [-0.15, -0.1) is 11.8 Å². The van der Waals surface area contributed by atoms with Crippen LogP contribution in [0.1, 0.15) is 18.5 Å². The first kappa shape index (κ1) is 27.8. The molecule has 0 saturated carbocycles. The Morgan fingerprint density at radius 3 is 2.54 bits per heavy atom. The van der Waals surface area contributed by atoms with Gasteiger partial charge in [0.05, 0.1) is 4.92 Å². The van der Waals surface area contributed by atoms with Gasteiger partial charge in [0.1, 0.15) is 28.9 Å². The highest BCUT2D eigenvalue weighted by molar-refractivity contribution is 8.00. The first-order valence-corrected chi connectivity index (χ1v) is 13.4. The predicted octanol–water partition coefficient (Wildman–Crippen LogP) is 3.14. The fourth-order valence-corrected chi connectivity index (χ4v) is 5.72. The number of carbonyl (C=O) groups excluding carboxylic acids is 2. The van der Waals surface area contributed by atoms with Crippen molar-refractivity contribution in [3.8, 4) is 11.8 Å². The molecule has 2 aromatic carbocycles. The second-order valence-electron chi connectivity index (χ2n) is 8.88. The number of amides is 2. The van der Waals surface area contributed by atoms with Crippen LogP contribution in [0.5, 0.6) is 11.8 Å². The molecule has 16 heteroatoms. The lowest BCUT2D eigenvalue weighted by Gasteiger charge is -2.49. The van der Waals surface area contributed by atoms with E-state index in [9.17, 15) is 29.6 Å². The number of nitrogens with zero attached hydrogens (tertiary/aromatic N) is 5. The van der Waals surface area contributed by atoms with Crippen molar-refractivity contribution in [1.82, 2.24) is 25.2 Å². The Balaban J connectivity index is 1.36. The molecule has 0 bridgehead atoms. The first-order chi connectivity index (χ1) is 19.6. The number of carboxylic acid groups (broad SMARTS) is 1. The van der Waals surface area contributed by atoms with Gasteiger partial charge in [0, 0.05) is 17.9 Å². The van der Waals surface area contributed by atoms with Gasteiger partial charge >= 0.3 is 12.0 Å². The monoisotopic (exact) mass is 597 g/mol. The Morgan fingerprint density at radius 1 is 1.17 bits per heavy atom. The number of carbonyl (C=O) groups is 3. The van der Waals surface area contributed by atoms with Crippen molar-refractivity contribution < 1.29 is 29.2 Å². The Morgan fingerprint density at radius 2 is 1.88 bits per heavy atom. The highest BCUT2D eigenvalue weighted by Gasteiger charge is 2.54. The lowest BCUT2D eigenvalue weighted by Crippen LogP contribution is -2.70. The van der Waals surface area contributed by atoms with Crippen LogP contribution in [0.25, 0.3) is 0 Å². The fraction of sp³-hybridized carbons (Fsp3) is 0.200. The molecular formula is C25H20ClN7O7S. The van der Waals surface area contributed by atoms with Crippen molar-refractivity contribution in [3.63, 3.8) is 0 Å². The van der Waals surface area contributed by atoms with Crippen LogP contribution in [-0.2, 0) is 14.4 Å². The molecule has 2 aliphatic rings. The summed E-state index contributed by atoms with van der Waals surface area (Å²) < 4.78 is 5.57. The molecule has 1 unspecified atom stereocenters. The number of hydrogen-bond acceptors (Lipinski definition) is 11. The average Bonchev–Trinajstić information content (AvgIpc) is 2.94. The smallest absolute Gasteiger partial charge is 0.352 e. The van der Waals surface area contributed by atoms with E-state index in [-0.39, 0.29) is 34.4 Å². The number of halogens is 1. The zero-order chi connectivity index (χ0) is 29.3. The van der Waals surface area contributed by atoms with Crippen molar-refractivity contribution in [2.24, 2.45) is 0 Å². The Bertz CT molecular complexity index is 1570. The van der Waals surface area contributed by atoms with E-state index in [0.29, 0.717) is 16.9 Å². The van der Waals surface area contributed by atoms with Gasteiger partial charge < -0.3 is 20.5 Å². The number of fused-ring (bicyclic) bond motifs is 1. The van der Waals surface area contributed by atoms with Crippen LogP contribution in [0.3, 0.4) is 0 Å². The summed E-state index contributed by atoms with van der Waals surface area (Å²) in [6.45, 7) is 1.65. The SMILES string of the molecule is CC1=C(C(=O)O)N2C(=O)[C@@H](NC(=O)C(Nc3nc(Cl)nc(Oc4ccc([N+](=O)[O-])cc4)n3)c3ccccc3)[C@H]2SC1. The van der Waals surface area contributed by atoms with E-state index in [1.54, 1.807) is 37.3 Å². The molecule has 3 N–H and O–H groups in total. The number of hydrogen-bond donors (Lipinski definition) is 3. The topological polar surface area (TPSA) is 190 Å². The van der Waals surface area contributed by atoms with Crippen molar-refractivity contribution in [2.45, 2.75) is 24.4 Å². The molecule has 3 aromatic rings. The minimum Gasteiger partial charge on any atom is -0.477 e. The number of nitro benzene ring substituents is 1. The van der Waals surface area contributed by atoms with Gasteiger partial charge in [-0.1, -0.05) is 30.3 Å². The van der Waals surface area contributed by atoms with Crippen LogP contribution in [0.4, 0.5) is 11.6 Å². The molecule has 5 rings (SSSR count). The number of aromatic nitrogens is 3. The second kappa shape index (κ2) is 11.4. The summed E-state index contributed by atoms with van der Waals surface area (Å²) in [4.78, 5) is 61.8. The van der Waals surface area contributed by atoms with E-state index in [1.165, 1.54) is 40.9 Å². The Kier molecular flexibility index (Phi) is 7.72. The molecule has 3 heterocycles. The molecule has 14 nitrogen and oxygen atoms in total. The predicted molar refractivity (Wildman–Crippen MR) is 146 cm³/mol. The van der Waals surface area contributed by atoms with E-state index in [2.05, 4.69) is 25.6 Å². The molecule has 2 aliphatic heterocycles. The molecule has 0 spiro atoms. The number of anilines is 1. The summed E-state index contributed by atoms with van der Waals surface area (Å²) in [6, 6.07) is 11.5. The van der Waals surface area contributed by atoms with Gasteiger partial charge in [0.25, 0.3) is 11.6 Å². The summed E-state index contributed by atoms with van der Waals surface area (Å²) in [5.41, 5.74) is 0.887. The van der Waals surface area contributed by atoms with Crippen LogP contribution >= 0.6 is 23.4 Å². The zero-order valence-corrected chi connectivity index (χ0v) is 22.6. The molecular weight excluding hydrogens is 578 g/mol. The van der Waals surface area contributed by atoms with Crippen molar-refractivity contribution >= 4 is 52.8 Å². The van der Waals surface area contributed by atoms with Gasteiger partial charge in [-0.2, -0.15) is 15.0 Å². The van der Waals surface area contributed by atoms with Crippen LogP contribution in [0, 0.1) is 10.1 Å². The minimum absolute atomic E-state index is 0.0673. The molecule has 1 fully saturated rings. The Hall–Kier alpha value is -4.76. The number of thioether (sulfide) groups is 1. The van der Waals surface area contributed by atoms with Gasteiger partial charge in [-0.05, 0) is 41.8 Å².